The maximum absolute atomic E-state index is 12.6. The zero-order valence-corrected chi connectivity index (χ0v) is 11.1. The van der Waals surface area contributed by atoms with Crippen molar-refractivity contribution in [2.24, 2.45) is 5.73 Å². The summed E-state index contributed by atoms with van der Waals surface area (Å²) in [4.78, 5) is 11.3. The van der Waals surface area contributed by atoms with Crippen molar-refractivity contribution in [3.8, 4) is 5.75 Å². The highest BCUT2D eigenvalue weighted by atomic mass is 19.4. The smallest absolute Gasteiger partial charge is 0.416 e. The summed E-state index contributed by atoms with van der Waals surface area (Å²) in [5, 5.41) is 3.13. The van der Waals surface area contributed by atoms with Gasteiger partial charge in [0.1, 0.15) is 12.4 Å². The molecule has 1 aromatic rings. The molecule has 0 saturated carbocycles. The van der Waals surface area contributed by atoms with Gasteiger partial charge in [0.2, 0.25) is 0 Å². The molecule has 2 rings (SSSR count). The summed E-state index contributed by atoms with van der Waals surface area (Å²) in [6.07, 6.45) is -4.54. The molecular weight excluding hydrogens is 289 g/mol. The van der Waals surface area contributed by atoms with Gasteiger partial charge in [0, 0.05) is 6.54 Å². The van der Waals surface area contributed by atoms with Gasteiger partial charge in [-0.2, -0.15) is 13.2 Å². The number of carbonyl (C=O) groups is 1. The topological polar surface area (TPSA) is 73.6 Å². The molecule has 1 amide bonds. The van der Waals surface area contributed by atoms with Gasteiger partial charge in [0.15, 0.2) is 0 Å². The third-order valence-electron chi connectivity index (χ3n) is 3.01. The molecule has 0 radical (unpaired) electrons. The molecular formula is C13H15F3N2O3. The lowest BCUT2D eigenvalue weighted by Crippen LogP contribution is -2.44. The molecule has 0 spiro atoms. The summed E-state index contributed by atoms with van der Waals surface area (Å²) in [7, 11) is 0. The highest BCUT2D eigenvalue weighted by Gasteiger charge is 2.32. The average Bonchev–Trinajstić information content (AvgIpc) is 2.45. The monoisotopic (exact) mass is 304 g/mol. The van der Waals surface area contributed by atoms with Crippen molar-refractivity contribution in [3.63, 3.8) is 0 Å². The molecule has 116 valence electrons. The number of morpholine rings is 1. The van der Waals surface area contributed by atoms with Crippen LogP contribution in [-0.2, 0) is 10.9 Å². The van der Waals surface area contributed by atoms with Gasteiger partial charge in [-0.1, -0.05) is 0 Å². The summed E-state index contributed by atoms with van der Waals surface area (Å²) in [6, 6.07) is 2.57. The van der Waals surface area contributed by atoms with Crippen LogP contribution in [0.25, 0.3) is 0 Å². The molecule has 1 aromatic carbocycles. The van der Waals surface area contributed by atoms with Gasteiger partial charge in [-0.25, -0.2) is 0 Å². The van der Waals surface area contributed by atoms with Gasteiger partial charge in [-0.3, -0.25) is 4.79 Å². The Bertz CT molecular complexity index is 514. The third kappa shape index (κ3) is 4.08. The number of carbonyl (C=O) groups excluding carboxylic acids is 1. The van der Waals surface area contributed by atoms with Crippen molar-refractivity contribution in [1.82, 2.24) is 5.32 Å². The van der Waals surface area contributed by atoms with Crippen molar-refractivity contribution in [2.75, 3.05) is 26.4 Å². The molecule has 0 unspecified atom stereocenters. The van der Waals surface area contributed by atoms with E-state index in [4.69, 9.17) is 15.2 Å². The zero-order valence-electron chi connectivity index (χ0n) is 11.1. The lowest BCUT2D eigenvalue weighted by molar-refractivity contribution is -0.137. The van der Waals surface area contributed by atoms with E-state index in [1.165, 1.54) is 0 Å². The van der Waals surface area contributed by atoms with Gasteiger partial charge < -0.3 is 20.5 Å². The molecule has 8 heteroatoms. The highest BCUT2D eigenvalue weighted by Crippen LogP contribution is 2.32. The number of halogens is 3. The predicted octanol–water partition coefficient (Wildman–Crippen LogP) is 1.17. The Hall–Kier alpha value is -1.80. The number of primary amides is 1. The van der Waals surface area contributed by atoms with Crippen LogP contribution in [0.3, 0.4) is 0 Å². The van der Waals surface area contributed by atoms with Crippen molar-refractivity contribution in [1.29, 1.82) is 0 Å². The van der Waals surface area contributed by atoms with E-state index in [2.05, 4.69) is 5.32 Å². The van der Waals surface area contributed by atoms with Crippen LogP contribution in [0.1, 0.15) is 15.9 Å². The van der Waals surface area contributed by atoms with Crippen molar-refractivity contribution >= 4 is 5.91 Å². The van der Waals surface area contributed by atoms with Crippen molar-refractivity contribution in [2.45, 2.75) is 12.2 Å². The highest BCUT2D eigenvalue weighted by molar-refractivity contribution is 5.95. The molecule has 1 aliphatic rings. The van der Waals surface area contributed by atoms with Crippen LogP contribution in [0, 0.1) is 0 Å². The fraction of sp³-hybridized carbons (Fsp3) is 0.462. The summed E-state index contributed by atoms with van der Waals surface area (Å²) in [6.45, 7) is 1.88. The molecule has 3 N–H and O–H groups in total. The molecule has 0 aliphatic carbocycles. The summed E-state index contributed by atoms with van der Waals surface area (Å²) in [5.41, 5.74) is 3.88. The second-order valence-electron chi connectivity index (χ2n) is 4.61. The van der Waals surface area contributed by atoms with Gasteiger partial charge in [-0.05, 0) is 18.2 Å². The SMILES string of the molecule is NC(=O)c1cc(C(F)(F)F)ccc1OC[C@@H]1COCCN1. The normalized spacial score (nSPS) is 19.3. The van der Waals surface area contributed by atoms with Gasteiger partial charge in [-0.15, -0.1) is 0 Å². The van der Waals surface area contributed by atoms with E-state index in [9.17, 15) is 18.0 Å². The molecule has 5 nitrogen and oxygen atoms in total. The Kier molecular flexibility index (Phi) is 4.69. The third-order valence-corrected chi connectivity index (χ3v) is 3.01. The number of ether oxygens (including phenoxy) is 2. The number of hydrogen-bond donors (Lipinski definition) is 2. The summed E-state index contributed by atoms with van der Waals surface area (Å²) < 4.78 is 48.5. The molecule has 1 saturated heterocycles. The van der Waals surface area contributed by atoms with Crippen LogP contribution in [0.15, 0.2) is 18.2 Å². The minimum atomic E-state index is -4.54. The Labute approximate surface area is 119 Å². The summed E-state index contributed by atoms with van der Waals surface area (Å²) >= 11 is 0. The average molecular weight is 304 g/mol. The fourth-order valence-corrected chi connectivity index (χ4v) is 1.94. The minimum absolute atomic E-state index is 0.0304. The van der Waals surface area contributed by atoms with Crippen LogP contribution >= 0.6 is 0 Å². The Morgan fingerprint density at radius 1 is 1.48 bits per heavy atom. The van der Waals surface area contributed by atoms with Gasteiger partial charge >= 0.3 is 6.18 Å². The first-order valence-corrected chi connectivity index (χ1v) is 6.33. The second kappa shape index (κ2) is 6.31. The van der Waals surface area contributed by atoms with E-state index < -0.39 is 17.6 Å². The van der Waals surface area contributed by atoms with E-state index in [1.54, 1.807) is 0 Å². The maximum atomic E-state index is 12.6. The number of amides is 1. The van der Waals surface area contributed by atoms with Crippen molar-refractivity contribution < 1.29 is 27.4 Å². The molecule has 21 heavy (non-hydrogen) atoms. The number of nitrogens with one attached hydrogen (secondary N) is 1. The Morgan fingerprint density at radius 3 is 2.81 bits per heavy atom. The molecule has 1 aliphatic heterocycles. The van der Waals surface area contributed by atoms with Gasteiger partial charge in [0.25, 0.3) is 5.91 Å². The number of nitrogens with two attached hydrogens (primary N) is 1. The summed E-state index contributed by atoms with van der Waals surface area (Å²) in [5.74, 6) is -0.938. The van der Waals surface area contributed by atoms with Crippen LogP contribution in [-0.4, -0.2) is 38.3 Å². The van der Waals surface area contributed by atoms with Crippen LogP contribution < -0.4 is 15.8 Å². The van der Waals surface area contributed by atoms with E-state index >= 15 is 0 Å². The van der Waals surface area contributed by atoms with Gasteiger partial charge in [0.05, 0.1) is 30.4 Å². The first kappa shape index (κ1) is 15.6. The van der Waals surface area contributed by atoms with E-state index in [1.807, 2.05) is 0 Å². The number of rotatable bonds is 4. The lowest BCUT2D eigenvalue weighted by atomic mass is 10.1. The van der Waals surface area contributed by atoms with E-state index in [0.717, 1.165) is 12.1 Å². The Morgan fingerprint density at radius 2 is 2.24 bits per heavy atom. The van der Waals surface area contributed by atoms with E-state index in [0.29, 0.717) is 25.8 Å². The van der Waals surface area contributed by atoms with Crippen molar-refractivity contribution in [3.05, 3.63) is 29.3 Å². The van der Waals surface area contributed by atoms with Crippen LogP contribution in [0.5, 0.6) is 5.75 Å². The maximum Gasteiger partial charge on any atom is 0.416 e. The van der Waals surface area contributed by atoms with E-state index in [-0.39, 0.29) is 24.0 Å². The second-order valence-corrected chi connectivity index (χ2v) is 4.61. The minimum Gasteiger partial charge on any atom is -0.491 e. The molecule has 1 atom stereocenters. The molecule has 1 heterocycles. The Balaban J connectivity index is 2.12. The lowest BCUT2D eigenvalue weighted by Gasteiger charge is -2.24. The molecule has 1 fully saturated rings. The van der Waals surface area contributed by atoms with Crippen LogP contribution in [0.4, 0.5) is 13.2 Å². The standard InChI is InChI=1S/C13H15F3N2O3/c14-13(15,16)8-1-2-11(10(5-8)12(17)19)21-7-9-6-20-4-3-18-9/h1-2,5,9,18H,3-4,6-7H2,(H2,17,19)/t9-/m0/s1. The first-order chi connectivity index (χ1) is 9.88. The zero-order chi connectivity index (χ0) is 15.5. The first-order valence-electron chi connectivity index (χ1n) is 6.33. The van der Waals surface area contributed by atoms with Crippen LogP contribution in [0.2, 0.25) is 0 Å². The number of benzene rings is 1. The number of hydrogen-bond acceptors (Lipinski definition) is 4. The number of alkyl halides is 3. The molecule has 0 bridgehead atoms. The molecule has 0 aromatic heterocycles. The quantitative estimate of drug-likeness (QED) is 0.876. The predicted molar refractivity (Wildman–Crippen MR) is 68.1 cm³/mol. The fourth-order valence-electron chi connectivity index (χ4n) is 1.94. The largest absolute Gasteiger partial charge is 0.491 e.